The topological polar surface area (TPSA) is 142 Å². The highest BCUT2D eigenvalue weighted by Crippen LogP contribution is 2.23. The van der Waals surface area contributed by atoms with Gasteiger partial charge in [0.05, 0.1) is 28.2 Å². The van der Waals surface area contributed by atoms with Gasteiger partial charge in [-0.05, 0) is 31.2 Å². The molecule has 2 heterocycles. The van der Waals surface area contributed by atoms with Gasteiger partial charge in [-0.3, -0.25) is 20.0 Å². The summed E-state index contributed by atoms with van der Waals surface area (Å²) in [7, 11) is 0. The maximum atomic E-state index is 13.0. The first-order valence-corrected chi connectivity index (χ1v) is 9.43. The van der Waals surface area contributed by atoms with E-state index in [2.05, 4.69) is 25.8 Å². The Morgan fingerprint density at radius 1 is 1.26 bits per heavy atom. The van der Waals surface area contributed by atoms with E-state index < -0.39 is 22.9 Å². The van der Waals surface area contributed by atoms with Crippen LogP contribution in [0.4, 0.5) is 16.2 Å². The molecule has 1 aromatic heterocycles. The van der Waals surface area contributed by atoms with Crippen LogP contribution < -0.4 is 10.6 Å². The van der Waals surface area contributed by atoms with Gasteiger partial charge in [0.1, 0.15) is 5.92 Å². The van der Waals surface area contributed by atoms with Gasteiger partial charge in [0.2, 0.25) is 5.91 Å². The largest absolute Gasteiger partial charge is 0.341 e. The molecule has 10 heteroatoms. The first kappa shape index (κ1) is 20.0. The zero-order valence-corrected chi connectivity index (χ0v) is 16.4. The van der Waals surface area contributed by atoms with Crippen molar-refractivity contribution in [2.24, 2.45) is 10.9 Å². The van der Waals surface area contributed by atoms with Crippen LogP contribution >= 0.6 is 0 Å². The van der Waals surface area contributed by atoms with Crippen LogP contribution in [0.1, 0.15) is 12.5 Å². The summed E-state index contributed by atoms with van der Waals surface area (Å²) in [6.45, 7) is 1.61. The highest BCUT2D eigenvalue weighted by molar-refractivity contribution is 6.13. The average Bonchev–Trinajstić information content (AvgIpc) is 3.19. The maximum Gasteiger partial charge on any atom is 0.341 e. The molecule has 0 saturated carbocycles. The second-order valence-corrected chi connectivity index (χ2v) is 7.04. The van der Waals surface area contributed by atoms with Gasteiger partial charge in [0, 0.05) is 22.9 Å². The number of nitro groups is 1. The first-order chi connectivity index (χ1) is 14.9. The molecular formula is C21H18N6O4. The molecule has 1 aliphatic rings. The number of anilines is 1. The zero-order chi connectivity index (χ0) is 22.0. The number of aromatic nitrogens is 2. The molecule has 0 aliphatic carbocycles. The van der Waals surface area contributed by atoms with Crippen molar-refractivity contribution in [1.82, 2.24) is 15.5 Å². The summed E-state index contributed by atoms with van der Waals surface area (Å²) in [6, 6.07) is 10.3. The van der Waals surface area contributed by atoms with Crippen molar-refractivity contribution >= 4 is 46.0 Å². The molecule has 0 saturated heterocycles. The maximum absolute atomic E-state index is 13.0. The fourth-order valence-electron chi connectivity index (χ4n) is 3.50. The normalized spacial score (nSPS) is 18.6. The van der Waals surface area contributed by atoms with Crippen LogP contribution in [0.5, 0.6) is 0 Å². The molecule has 31 heavy (non-hydrogen) atoms. The van der Waals surface area contributed by atoms with E-state index in [0.717, 1.165) is 10.9 Å². The Hall–Kier alpha value is -4.34. The number of benzene rings is 2. The lowest BCUT2D eigenvalue weighted by atomic mass is 9.91. The number of aliphatic imine (C=N–C) groups is 1. The molecule has 2 unspecified atom stereocenters. The van der Waals surface area contributed by atoms with Gasteiger partial charge < -0.3 is 10.6 Å². The van der Waals surface area contributed by atoms with Crippen LogP contribution in [0.25, 0.3) is 17.0 Å². The second kappa shape index (κ2) is 8.19. The number of fused-ring (bicyclic) bond motifs is 1. The lowest BCUT2D eigenvalue weighted by molar-refractivity contribution is -0.385. The molecule has 0 spiro atoms. The summed E-state index contributed by atoms with van der Waals surface area (Å²) in [5.41, 5.74) is 2.06. The van der Waals surface area contributed by atoms with Crippen LogP contribution in [0.2, 0.25) is 0 Å². The number of para-hydroxylation sites is 1. The standard InChI is InChI=1S/C21H18N6O4/c1-12-19(20(28)24-15-7-9-16-14(10-15)11-22-26-16)17(25-21(29)23-12)8-6-13-4-2-3-5-18(13)27(30)31/h2-11,17,19H,1H3,(H,22,26)(H,24,28)(H,25,29). The van der Waals surface area contributed by atoms with Gasteiger partial charge in [0.15, 0.2) is 0 Å². The Morgan fingerprint density at radius 2 is 2.06 bits per heavy atom. The van der Waals surface area contributed by atoms with Gasteiger partial charge in [0.25, 0.3) is 5.69 Å². The monoisotopic (exact) mass is 418 g/mol. The van der Waals surface area contributed by atoms with Crippen molar-refractivity contribution in [3.8, 4) is 0 Å². The minimum Gasteiger partial charge on any atom is -0.329 e. The number of nitrogens with zero attached hydrogens (tertiary/aromatic N) is 3. The van der Waals surface area contributed by atoms with E-state index >= 15 is 0 Å². The molecule has 156 valence electrons. The average molecular weight is 418 g/mol. The molecule has 2 atom stereocenters. The number of hydrogen-bond donors (Lipinski definition) is 3. The van der Waals surface area contributed by atoms with E-state index in [4.69, 9.17) is 0 Å². The van der Waals surface area contributed by atoms with Gasteiger partial charge >= 0.3 is 6.03 Å². The third-order valence-electron chi connectivity index (χ3n) is 4.98. The van der Waals surface area contributed by atoms with Crippen LogP contribution in [0.15, 0.2) is 59.7 Å². The van der Waals surface area contributed by atoms with E-state index in [0.29, 0.717) is 17.0 Å². The number of nitrogens with one attached hydrogen (secondary N) is 3. The van der Waals surface area contributed by atoms with E-state index in [1.165, 1.54) is 12.1 Å². The van der Waals surface area contributed by atoms with Crippen molar-refractivity contribution in [3.63, 3.8) is 0 Å². The van der Waals surface area contributed by atoms with Crippen molar-refractivity contribution < 1.29 is 14.5 Å². The number of nitro benzene ring substituents is 1. The molecule has 0 bridgehead atoms. The zero-order valence-electron chi connectivity index (χ0n) is 16.4. The predicted octanol–water partition coefficient (Wildman–Crippen LogP) is 3.29. The fraction of sp³-hybridized carbons (Fsp3) is 0.143. The van der Waals surface area contributed by atoms with Gasteiger partial charge in [-0.15, -0.1) is 0 Å². The molecule has 10 nitrogen and oxygen atoms in total. The molecule has 3 amide bonds. The summed E-state index contributed by atoms with van der Waals surface area (Å²) in [6.07, 6.45) is 4.75. The third kappa shape index (κ3) is 4.17. The van der Waals surface area contributed by atoms with Crippen LogP contribution in [0, 0.1) is 16.0 Å². The van der Waals surface area contributed by atoms with Gasteiger partial charge in [-0.1, -0.05) is 24.3 Å². The summed E-state index contributed by atoms with van der Waals surface area (Å²) < 4.78 is 0. The number of rotatable bonds is 5. The van der Waals surface area contributed by atoms with Crippen molar-refractivity contribution in [2.45, 2.75) is 13.0 Å². The molecule has 2 aromatic carbocycles. The van der Waals surface area contributed by atoms with E-state index in [1.54, 1.807) is 55.6 Å². The summed E-state index contributed by atoms with van der Waals surface area (Å²) in [4.78, 5) is 39.6. The Morgan fingerprint density at radius 3 is 2.87 bits per heavy atom. The molecule has 0 fully saturated rings. The summed E-state index contributed by atoms with van der Waals surface area (Å²) >= 11 is 0. The lowest BCUT2D eigenvalue weighted by Gasteiger charge is -2.28. The minimum atomic E-state index is -0.781. The summed E-state index contributed by atoms with van der Waals surface area (Å²) in [5.74, 6) is -1.14. The Kier molecular flexibility index (Phi) is 5.27. The van der Waals surface area contributed by atoms with E-state index in [9.17, 15) is 19.7 Å². The Bertz CT molecular complexity index is 1250. The number of carbonyl (C=O) groups is 2. The lowest BCUT2D eigenvalue weighted by Crippen LogP contribution is -2.50. The SMILES string of the molecule is CC1=NC(=O)NC(C=Cc2ccccc2[N+](=O)[O-])C1C(=O)Nc1ccc2[nH]ncc2c1. The number of H-pyrrole nitrogens is 1. The predicted molar refractivity (Wildman–Crippen MR) is 116 cm³/mol. The Balaban J connectivity index is 1.60. The molecule has 0 radical (unpaired) electrons. The molecule has 1 aliphatic heterocycles. The number of amides is 3. The molecule has 4 rings (SSSR count). The minimum absolute atomic E-state index is 0.0688. The fourth-order valence-corrected chi connectivity index (χ4v) is 3.50. The molecular weight excluding hydrogens is 400 g/mol. The number of hydrogen-bond acceptors (Lipinski definition) is 5. The number of aromatic amines is 1. The van der Waals surface area contributed by atoms with Crippen molar-refractivity contribution in [2.75, 3.05) is 5.32 Å². The van der Waals surface area contributed by atoms with Crippen molar-refractivity contribution in [1.29, 1.82) is 0 Å². The number of carbonyl (C=O) groups excluding carboxylic acids is 2. The number of urea groups is 1. The van der Waals surface area contributed by atoms with Gasteiger partial charge in [-0.25, -0.2) is 9.79 Å². The van der Waals surface area contributed by atoms with Crippen LogP contribution in [-0.4, -0.2) is 38.8 Å². The van der Waals surface area contributed by atoms with Crippen LogP contribution in [0.3, 0.4) is 0 Å². The third-order valence-corrected chi connectivity index (χ3v) is 4.98. The quantitative estimate of drug-likeness (QED) is 0.430. The van der Waals surface area contributed by atoms with Crippen LogP contribution in [-0.2, 0) is 4.79 Å². The first-order valence-electron chi connectivity index (χ1n) is 9.43. The van der Waals surface area contributed by atoms with E-state index in [1.807, 2.05) is 0 Å². The molecule has 3 aromatic rings. The van der Waals surface area contributed by atoms with Crippen molar-refractivity contribution in [3.05, 3.63) is 70.4 Å². The molecule has 3 N–H and O–H groups in total. The van der Waals surface area contributed by atoms with Gasteiger partial charge in [-0.2, -0.15) is 5.10 Å². The highest BCUT2D eigenvalue weighted by atomic mass is 16.6. The highest BCUT2D eigenvalue weighted by Gasteiger charge is 2.34. The smallest absolute Gasteiger partial charge is 0.329 e. The van der Waals surface area contributed by atoms with E-state index in [-0.39, 0.29) is 11.6 Å². The summed E-state index contributed by atoms with van der Waals surface area (Å²) in [5, 5.41) is 24.4. The second-order valence-electron chi connectivity index (χ2n) is 7.04. The Labute approximate surface area is 176 Å².